The number of allylic oxidation sites excluding steroid dienone is 1. The SMILES string of the molecule is Cc1nc(/C(N)=C(\Cn2nc(C3CCC3)oc2=N)N(C)N)ccc1OC1CCCCC1. The highest BCUT2D eigenvalue weighted by Gasteiger charge is 2.26. The highest BCUT2D eigenvalue weighted by atomic mass is 16.5. The molecule has 0 radical (unpaired) electrons. The smallest absolute Gasteiger partial charge is 0.312 e. The van der Waals surface area contributed by atoms with Crippen molar-refractivity contribution in [2.45, 2.75) is 76.9 Å². The highest BCUT2D eigenvalue weighted by molar-refractivity contribution is 5.63. The second-order valence-electron chi connectivity index (χ2n) is 8.66. The van der Waals surface area contributed by atoms with Gasteiger partial charge in [-0.05, 0) is 57.6 Å². The zero-order chi connectivity index (χ0) is 22.0. The average molecular weight is 428 g/mol. The normalized spacial score (nSPS) is 18.4. The second-order valence-corrected chi connectivity index (χ2v) is 8.66. The molecule has 2 aliphatic rings. The Balaban J connectivity index is 1.55. The average Bonchev–Trinajstić information content (AvgIpc) is 3.06. The summed E-state index contributed by atoms with van der Waals surface area (Å²) in [5.74, 6) is 7.81. The largest absolute Gasteiger partial charge is 0.489 e. The van der Waals surface area contributed by atoms with E-state index in [1.54, 1.807) is 7.05 Å². The molecule has 0 spiro atoms. The van der Waals surface area contributed by atoms with Crippen molar-refractivity contribution in [1.82, 2.24) is 19.8 Å². The van der Waals surface area contributed by atoms with Crippen molar-refractivity contribution >= 4 is 5.70 Å². The molecule has 2 fully saturated rings. The minimum absolute atomic E-state index is 0.00517. The van der Waals surface area contributed by atoms with Gasteiger partial charge in [0.15, 0.2) is 0 Å². The van der Waals surface area contributed by atoms with Crippen LogP contribution in [0.1, 0.15) is 74.6 Å². The zero-order valence-electron chi connectivity index (χ0n) is 18.4. The van der Waals surface area contributed by atoms with Crippen molar-refractivity contribution in [3.8, 4) is 5.75 Å². The van der Waals surface area contributed by atoms with Gasteiger partial charge in [-0.3, -0.25) is 0 Å². The Hall–Kier alpha value is -2.81. The lowest BCUT2D eigenvalue weighted by Gasteiger charge is -2.24. The van der Waals surface area contributed by atoms with E-state index < -0.39 is 0 Å². The van der Waals surface area contributed by atoms with E-state index in [9.17, 15) is 0 Å². The van der Waals surface area contributed by atoms with Gasteiger partial charge in [-0.1, -0.05) is 12.8 Å². The van der Waals surface area contributed by atoms with Crippen molar-refractivity contribution < 1.29 is 9.15 Å². The van der Waals surface area contributed by atoms with Crippen LogP contribution in [0, 0.1) is 12.3 Å². The van der Waals surface area contributed by atoms with E-state index in [0.717, 1.165) is 37.1 Å². The lowest BCUT2D eigenvalue weighted by molar-refractivity contribution is 0.153. The summed E-state index contributed by atoms with van der Waals surface area (Å²) in [4.78, 5) is 4.67. The minimum atomic E-state index is -0.00517. The zero-order valence-corrected chi connectivity index (χ0v) is 18.4. The van der Waals surface area contributed by atoms with Gasteiger partial charge in [-0.25, -0.2) is 20.9 Å². The molecule has 4 rings (SSSR count). The fourth-order valence-electron chi connectivity index (χ4n) is 4.13. The summed E-state index contributed by atoms with van der Waals surface area (Å²) in [6.07, 6.45) is 9.47. The molecule has 2 saturated carbocycles. The number of aromatic nitrogens is 3. The van der Waals surface area contributed by atoms with E-state index in [1.807, 2.05) is 19.1 Å². The van der Waals surface area contributed by atoms with E-state index >= 15 is 0 Å². The predicted molar refractivity (Wildman–Crippen MR) is 116 cm³/mol. The Kier molecular flexibility index (Phi) is 6.31. The molecular weight excluding hydrogens is 394 g/mol. The van der Waals surface area contributed by atoms with E-state index in [2.05, 4.69) is 10.1 Å². The molecule has 0 aromatic carbocycles. The molecule has 9 heteroatoms. The van der Waals surface area contributed by atoms with Gasteiger partial charge in [-0.2, -0.15) is 0 Å². The molecule has 9 nitrogen and oxygen atoms in total. The number of hydrazine groups is 1. The molecular formula is C22H33N7O2. The van der Waals surface area contributed by atoms with Crippen molar-refractivity contribution in [1.29, 1.82) is 5.41 Å². The van der Waals surface area contributed by atoms with Crippen LogP contribution in [0.4, 0.5) is 0 Å². The number of nitrogens with one attached hydrogen (secondary N) is 1. The first-order valence-electron chi connectivity index (χ1n) is 11.2. The van der Waals surface area contributed by atoms with E-state index in [0.29, 0.717) is 28.9 Å². The number of nitrogens with zero attached hydrogens (tertiary/aromatic N) is 4. The van der Waals surface area contributed by atoms with Crippen molar-refractivity contribution in [3.05, 3.63) is 40.8 Å². The van der Waals surface area contributed by atoms with Gasteiger partial charge in [0, 0.05) is 13.0 Å². The number of hydrogen-bond donors (Lipinski definition) is 3. The van der Waals surface area contributed by atoms with E-state index in [1.165, 1.54) is 35.4 Å². The molecule has 2 aliphatic carbocycles. The van der Waals surface area contributed by atoms with Gasteiger partial charge in [0.05, 0.1) is 35.4 Å². The van der Waals surface area contributed by atoms with Gasteiger partial charge in [-0.15, -0.1) is 5.10 Å². The van der Waals surface area contributed by atoms with Crippen molar-refractivity contribution in [3.63, 3.8) is 0 Å². The van der Waals surface area contributed by atoms with Gasteiger partial charge >= 0.3 is 5.68 Å². The Morgan fingerprint density at radius 3 is 2.58 bits per heavy atom. The molecule has 0 atom stereocenters. The Labute approximate surface area is 182 Å². The first-order valence-corrected chi connectivity index (χ1v) is 11.2. The third kappa shape index (κ3) is 4.76. The first-order chi connectivity index (χ1) is 14.9. The van der Waals surface area contributed by atoms with Crippen LogP contribution >= 0.6 is 0 Å². The third-order valence-electron chi connectivity index (χ3n) is 6.30. The van der Waals surface area contributed by atoms with Gasteiger partial charge in [0.25, 0.3) is 0 Å². The molecule has 2 heterocycles. The maximum Gasteiger partial charge on any atom is 0.312 e. The fraction of sp³-hybridized carbons (Fsp3) is 0.591. The van der Waals surface area contributed by atoms with Crippen LogP contribution < -0.4 is 22.0 Å². The molecule has 0 unspecified atom stereocenters. The lowest BCUT2D eigenvalue weighted by atomic mass is 9.85. The molecule has 2 aromatic heterocycles. The molecule has 5 N–H and O–H groups in total. The van der Waals surface area contributed by atoms with Crippen molar-refractivity contribution in [2.75, 3.05) is 7.05 Å². The summed E-state index contributed by atoms with van der Waals surface area (Å²) in [5.41, 5.74) is 8.93. The summed E-state index contributed by atoms with van der Waals surface area (Å²) < 4.78 is 13.2. The Morgan fingerprint density at radius 2 is 1.97 bits per heavy atom. The van der Waals surface area contributed by atoms with Crippen LogP contribution in [0.5, 0.6) is 5.75 Å². The molecule has 0 saturated heterocycles. The molecule has 0 bridgehead atoms. The number of pyridine rings is 1. The number of ether oxygens (including phenoxy) is 1. The van der Waals surface area contributed by atoms with Gasteiger partial charge in [0.2, 0.25) is 5.89 Å². The van der Waals surface area contributed by atoms with E-state index in [-0.39, 0.29) is 18.3 Å². The third-order valence-corrected chi connectivity index (χ3v) is 6.30. The van der Waals surface area contributed by atoms with Crippen LogP contribution in [-0.4, -0.2) is 32.9 Å². The molecule has 31 heavy (non-hydrogen) atoms. The van der Waals surface area contributed by atoms with Crippen molar-refractivity contribution in [2.24, 2.45) is 11.6 Å². The van der Waals surface area contributed by atoms with Gasteiger partial charge < -0.3 is 19.9 Å². The topological polar surface area (TPSA) is 132 Å². The molecule has 2 aromatic rings. The summed E-state index contributed by atoms with van der Waals surface area (Å²) in [7, 11) is 1.71. The van der Waals surface area contributed by atoms with Crippen LogP contribution in [0.15, 0.2) is 22.2 Å². The lowest BCUT2D eigenvalue weighted by Crippen LogP contribution is -2.32. The maximum absolute atomic E-state index is 8.13. The molecule has 0 aliphatic heterocycles. The predicted octanol–water partition coefficient (Wildman–Crippen LogP) is 2.77. The number of likely N-dealkylation sites (N-methyl/N-ethyl adjacent to an activating group) is 1. The maximum atomic E-state index is 8.13. The standard InChI is InChI=1S/C22H33N7O2/c1-14-19(30-16-9-4-3-5-10-16)12-11-17(26-14)20(23)18(28(2)25)13-29-22(24)31-21(27-29)15-7-6-8-15/h11-12,15-16,24H,3-10,13,23,25H2,1-2H3/b20-18-,24-22?. The van der Waals surface area contributed by atoms with Crippen LogP contribution in [0.3, 0.4) is 0 Å². The molecule has 168 valence electrons. The number of aryl methyl sites for hydroxylation is 1. The van der Waals surface area contributed by atoms with Crippen LogP contribution in [0.25, 0.3) is 5.70 Å². The molecule has 0 amide bonds. The quantitative estimate of drug-likeness (QED) is 0.457. The number of hydrogen-bond acceptors (Lipinski definition) is 8. The minimum Gasteiger partial charge on any atom is -0.489 e. The number of rotatable bonds is 7. The summed E-state index contributed by atoms with van der Waals surface area (Å²) in [6, 6.07) is 3.79. The number of nitrogens with two attached hydrogens (primary N) is 2. The van der Waals surface area contributed by atoms with Crippen LogP contribution in [0.2, 0.25) is 0 Å². The fourth-order valence-corrected chi connectivity index (χ4v) is 4.13. The summed E-state index contributed by atoms with van der Waals surface area (Å²) in [5, 5.41) is 14.1. The Morgan fingerprint density at radius 1 is 1.23 bits per heavy atom. The summed E-state index contributed by atoms with van der Waals surface area (Å²) in [6.45, 7) is 2.16. The monoisotopic (exact) mass is 427 g/mol. The second kappa shape index (κ2) is 9.13. The first kappa shape index (κ1) is 21.4. The van der Waals surface area contributed by atoms with E-state index in [4.69, 9.17) is 26.1 Å². The Bertz CT molecular complexity index is 998. The van der Waals surface area contributed by atoms with Gasteiger partial charge in [0.1, 0.15) is 5.75 Å². The highest BCUT2D eigenvalue weighted by Crippen LogP contribution is 2.34. The summed E-state index contributed by atoms with van der Waals surface area (Å²) >= 11 is 0. The van der Waals surface area contributed by atoms with Crippen LogP contribution in [-0.2, 0) is 6.54 Å².